The number of aryl methyl sites for hydroxylation is 1. The number of hydrogen-bond acceptors (Lipinski definition) is 6. The predicted octanol–water partition coefficient (Wildman–Crippen LogP) is 5.04. The molecule has 0 aliphatic carbocycles. The standard InChI is InChI=1S/C27H22N8/c1-4-24-32-33-26-34(20-8-6-19(7-9-20)27(2,3)15-28)25-21-11-17(18-12-29-16-30-13-18)5-10-22(21)31-14-23(25)35(24)26/h5-14,16H,4H2,1-3H3. The number of pyridine rings is 1. The summed E-state index contributed by atoms with van der Waals surface area (Å²) in [5, 5.41) is 19.5. The van der Waals surface area contributed by atoms with Gasteiger partial charge in [-0.25, -0.2) is 9.97 Å². The van der Waals surface area contributed by atoms with Gasteiger partial charge in [-0.15, -0.1) is 10.2 Å². The topological polar surface area (TPSA) is 97.6 Å². The number of hydrogen-bond donors (Lipinski definition) is 0. The largest absolute Gasteiger partial charge is 0.276 e. The summed E-state index contributed by atoms with van der Waals surface area (Å²) < 4.78 is 4.20. The van der Waals surface area contributed by atoms with E-state index in [4.69, 9.17) is 4.98 Å². The van der Waals surface area contributed by atoms with Crippen molar-refractivity contribution in [3.05, 3.63) is 78.8 Å². The number of nitriles is 1. The predicted molar refractivity (Wildman–Crippen MR) is 134 cm³/mol. The Morgan fingerprint density at radius 3 is 2.43 bits per heavy atom. The molecule has 2 aromatic carbocycles. The second-order valence-corrected chi connectivity index (χ2v) is 9.08. The molecule has 0 saturated carbocycles. The average molecular weight is 459 g/mol. The maximum absolute atomic E-state index is 9.56. The SMILES string of the molecule is CCc1nnc2n(-c3ccc(C(C)(C)C#N)cc3)c3c4cc(-c5cncnc5)ccc4ncc3n12. The van der Waals surface area contributed by atoms with Crippen LogP contribution in [0.4, 0.5) is 0 Å². The van der Waals surface area contributed by atoms with Crippen molar-refractivity contribution in [2.45, 2.75) is 32.6 Å². The van der Waals surface area contributed by atoms with Crippen molar-refractivity contribution in [2.24, 2.45) is 0 Å². The van der Waals surface area contributed by atoms with E-state index in [0.29, 0.717) is 0 Å². The molecule has 0 radical (unpaired) electrons. The maximum Gasteiger partial charge on any atom is 0.241 e. The summed E-state index contributed by atoms with van der Waals surface area (Å²) in [6.45, 7) is 5.91. The lowest BCUT2D eigenvalue weighted by atomic mass is 9.86. The van der Waals surface area contributed by atoms with Crippen LogP contribution >= 0.6 is 0 Å². The Kier molecular flexibility index (Phi) is 4.61. The molecule has 0 unspecified atom stereocenters. The van der Waals surface area contributed by atoms with E-state index in [1.165, 1.54) is 6.33 Å². The van der Waals surface area contributed by atoms with Crippen molar-refractivity contribution >= 4 is 27.7 Å². The van der Waals surface area contributed by atoms with Gasteiger partial charge in [0.25, 0.3) is 0 Å². The van der Waals surface area contributed by atoms with Gasteiger partial charge >= 0.3 is 0 Å². The second-order valence-electron chi connectivity index (χ2n) is 9.08. The molecule has 0 spiro atoms. The van der Waals surface area contributed by atoms with Gasteiger partial charge in [-0.05, 0) is 49.2 Å². The van der Waals surface area contributed by atoms with Crippen LogP contribution in [0.5, 0.6) is 0 Å². The lowest BCUT2D eigenvalue weighted by Gasteiger charge is -2.16. The lowest BCUT2D eigenvalue weighted by Crippen LogP contribution is -2.13. The van der Waals surface area contributed by atoms with E-state index in [1.54, 1.807) is 0 Å². The summed E-state index contributed by atoms with van der Waals surface area (Å²) >= 11 is 0. The molecule has 35 heavy (non-hydrogen) atoms. The van der Waals surface area contributed by atoms with Crippen molar-refractivity contribution in [3.8, 4) is 22.9 Å². The van der Waals surface area contributed by atoms with Crippen LogP contribution in [0.1, 0.15) is 32.2 Å². The molecule has 6 aromatic rings. The molecule has 8 nitrogen and oxygen atoms in total. The molecule has 0 amide bonds. The van der Waals surface area contributed by atoms with Crippen LogP contribution in [-0.4, -0.2) is 34.1 Å². The highest BCUT2D eigenvalue weighted by Crippen LogP contribution is 2.33. The maximum atomic E-state index is 9.56. The van der Waals surface area contributed by atoms with E-state index < -0.39 is 5.41 Å². The van der Waals surface area contributed by atoms with E-state index in [9.17, 15) is 5.26 Å². The van der Waals surface area contributed by atoms with Crippen LogP contribution in [0.15, 0.2) is 67.4 Å². The molecule has 170 valence electrons. The van der Waals surface area contributed by atoms with Gasteiger partial charge in [0.1, 0.15) is 12.2 Å². The zero-order chi connectivity index (χ0) is 24.2. The quantitative estimate of drug-likeness (QED) is 0.367. The number of rotatable bonds is 4. The second kappa shape index (κ2) is 7.71. The summed E-state index contributed by atoms with van der Waals surface area (Å²) in [5.41, 5.74) is 6.11. The van der Waals surface area contributed by atoms with Crippen molar-refractivity contribution < 1.29 is 0 Å². The molecule has 4 aromatic heterocycles. The van der Waals surface area contributed by atoms with Gasteiger partial charge in [-0.1, -0.05) is 25.1 Å². The third-order valence-corrected chi connectivity index (χ3v) is 6.53. The van der Waals surface area contributed by atoms with Gasteiger partial charge in [-0.2, -0.15) is 5.26 Å². The van der Waals surface area contributed by atoms with Gasteiger partial charge < -0.3 is 0 Å². The summed E-state index contributed by atoms with van der Waals surface area (Å²) in [7, 11) is 0. The Morgan fingerprint density at radius 2 is 1.71 bits per heavy atom. The number of benzene rings is 2. The van der Waals surface area contributed by atoms with E-state index in [2.05, 4.69) is 48.2 Å². The van der Waals surface area contributed by atoms with E-state index in [0.717, 1.165) is 62.3 Å². The zero-order valence-corrected chi connectivity index (χ0v) is 19.6. The van der Waals surface area contributed by atoms with E-state index >= 15 is 0 Å². The van der Waals surface area contributed by atoms with Gasteiger partial charge in [0.2, 0.25) is 5.78 Å². The highest BCUT2D eigenvalue weighted by atomic mass is 15.3. The van der Waals surface area contributed by atoms with Crippen LogP contribution in [0.25, 0.3) is 44.5 Å². The molecule has 0 saturated heterocycles. The smallest absolute Gasteiger partial charge is 0.241 e. The monoisotopic (exact) mass is 458 g/mol. The van der Waals surface area contributed by atoms with Gasteiger partial charge in [-0.3, -0.25) is 14.0 Å². The molecule has 0 atom stereocenters. The van der Waals surface area contributed by atoms with Crippen LogP contribution < -0.4 is 0 Å². The number of imidazole rings is 1. The van der Waals surface area contributed by atoms with Crippen molar-refractivity contribution in [3.63, 3.8) is 0 Å². The Labute approximate surface area is 201 Å². The Morgan fingerprint density at radius 1 is 0.943 bits per heavy atom. The Balaban J connectivity index is 1.69. The van der Waals surface area contributed by atoms with Crippen LogP contribution in [0.3, 0.4) is 0 Å². The first-order chi connectivity index (χ1) is 17.0. The molecule has 8 heteroatoms. The van der Waals surface area contributed by atoms with Gasteiger partial charge in [0.15, 0.2) is 0 Å². The van der Waals surface area contributed by atoms with Crippen molar-refractivity contribution in [2.75, 3.05) is 0 Å². The molecule has 4 heterocycles. The fraction of sp³-hybridized carbons (Fsp3) is 0.185. The first-order valence-electron chi connectivity index (χ1n) is 11.5. The number of fused-ring (bicyclic) bond motifs is 5. The molecule has 0 bridgehead atoms. The van der Waals surface area contributed by atoms with E-state index in [-0.39, 0.29) is 0 Å². The number of aromatic nitrogens is 7. The summed E-state index contributed by atoms with van der Waals surface area (Å²) in [4.78, 5) is 13.1. The molecule has 6 rings (SSSR count). The van der Waals surface area contributed by atoms with Crippen molar-refractivity contribution in [1.29, 1.82) is 5.26 Å². The molecule has 0 aliphatic heterocycles. The Hall–Kier alpha value is -4.64. The minimum absolute atomic E-state index is 0.569. The van der Waals surface area contributed by atoms with Crippen molar-refractivity contribution in [1.82, 2.24) is 34.1 Å². The fourth-order valence-corrected chi connectivity index (χ4v) is 4.56. The van der Waals surface area contributed by atoms with E-state index in [1.807, 2.05) is 68.8 Å². The van der Waals surface area contributed by atoms with Crippen LogP contribution in [-0.2, 0) is 11.8 Å². The average Bonchev–Trinajstić information content (AvgIpc) is 3.47. The summed E-state index contributed by atoms with van der Waals surface area (Å²) in [5.74, 6) is 1.60. The first kappa shape index (κ1) is 20.9. The normalized spacial score (nSPS) is 11.9. The van der Waals surface area contributed by atoms with Crippen LogP contribution in [0, 0.1) is 11.3 Å². The lowest BCUT2D eigenvalue weighted by molar-refractivity contribution is 0.687. The van der Waals surface area contributed by atoms with Gasteiger partial charge in [0, 0.05) is 35.5 Å². The molecule has 0 N–H and O–H groups in total. The molecular weight excluding hydrogens is 436 g/mol. The third-order valence-electron chi connectivity index (χ3n) is 6.53. The van der Waals surface area contributed by atoms with Gasteiger partial charge in [0.05, 0.1) is 34.2 Å². The third kappa shape index (κ3) is 3.16. The zero-order valence-electron chi connectivity index (χ0n) is 19.6. The summed E-state index contributed by atoms with van der Waals surface area (Å²) in [6.07, 6.45) is 7.78. The first-order valence-corrected chi connectivity index (χ1v) is 11.5. The highest BCUT2D eigenvalue weighted by Gasteiger charge is 2.22. The molecular formula is C27H22N8. The molecule has 0 aliphatic rings. The summed E-state index contributed by atoms with van der Waals surface area (Å²) in [6, 6.07) is 16.7. The minimum Gasteiger partial charge on any atom is -0.276 e. The number of nitrogens with zero attached hydrogens (tertiary/aromatic N) is 8. The highest BCUT2D eigenvalue weighted by molar-refractivity contribution is 6.06. The van der Waals surface area contributed by atoms with Crippen LogP contribution in [0.2, 0.25) is 0 Å². The Bertz CT molecular complexity index is 1750. The molecule has 0 fully saturated rings. The minimum atomic E-state index is -0.569. The fourth-order valence-electron chi connectivity index (χ4n) is 4.56.